The highest BCUT2D eigenvalue weighted by Gasteiger charge is 2.26. The monoisotopic (exact) mass is 386 g/mol. The Morgan fingerprint density at radius 1 is 1.63 bits per heavy atom. The summed E-state index contributed by atoms with van der Waals surface area (Å²) in [5.74, 6) is -0.732. The van der Waals surface area contributed by atoms with Crippen LogP contribution in [0.2, 0.25) is 0 Å². The predicted molar refractivity (Wildman–Crippen MR) is 68.9 cm³/mol. The zero-order chi connectivity index (χ0) is 14.6. The van der Waals surface area contributed by atoms with E-state index < -0.39 is 35.1 Å². The van der Waals surface area contributed by atoms with Crippen LogP contribution >= 0.6 is 22.6 Å². The molecule has 0 spiro atoms. The van der Waals surface area contributed by atoms with E-state index in [1.165, 1.54) is 0 Å². The van der Waals surface area contributed by atoms with E-state index in [2.05, 4.69) is 9.72 Å². The van der Waals surface area contributed by atoms with Gasteiger partial charge >= 0.3 is 11.7 Å². The second-order valence-corrected chi connectivity index (χ2v) is 4.44. The lowest BCUT2D eigenvalue weighted by molar-refractivity contribution is -0.386. The van der Waals surface area contributed by atoms with Crippen molar-refractivity contribution in [2.24, 2.45) is 0 Å². The minimum absolute atomic E-state index is 0.0269. The van der Waals surface area contributed by atoms with E-state index in [4.69, 9.17) is 0 Å². The van der Waals surface area contributed by atoms with Gasteiger partial charge in [0.15, 0.2) is 0 Å². The van der Waals surface area contributed by atoms with Crippen molar-refractivity contribution in [1.82, 2.24) is 4.98 Å². The lowest BCUT2D eigenvalue weighted by Gasteiger charge is -2.10. The van der Waals surface area contributed by atoms with Gasteiger partial charge in [-0.05, 0) is 29.5 Å². The molecule has 0 radical (unpaired) electrons. The Morgan fingerprint density at radius 3 is 2.74 bits per heavy atom. The zero-order valence-corrected chi connectivity index (χ0v) is 11.9. The van der Waals surface area contributed by atoms with Gasteiger partial charge in [0.1, 0.15) is 11.9 Å². The third-order valence-electron chi connectivity index (χ3n) is 2.15. The standard InChI is InChI=1S/C10H9F2IN2O4/c1-2-19-7(16)3-5-8(13)6(15(17)18)4-14-9(5)10(11)12/h4,10H,2-3H2,1H3. The summed E-state index contributed by atoms with van der Waals surface area (Å²) in [7, 11) is 0. The van der Waals surface area contributed by atoms with Crippen LogP contribution in [0.4, 0.5) is 14.5 Å². The third-order valence-corrected chi connectivity index (χ3v) is 3.36. The number of carbonyl (C=O) groups is 1. The summed E-state index contributed by atoms with van der Waals surface area (Å²) in [6, 6.07) is 0. The Hall–Kier alpha value is -1.39. The molecule has 0 aliphatic heterocycles. The first-order chi connectivity index (χ1) is 8.88. The molecule has 0 atom stereocenters. The van der Waals surface area contributed by atoms with Crippen LogP contribution in [0.3, 0.4) is 0 Å². The molecular formula is C10H9F2IN2O4. The predicted octanol–water partition coefficient (Wildman–Crippen LogP) is 2.64. The first-order valence-corrected chi connectivity index (χ1v) is 6.21. The Balaban J connectivity index is 3.26. The number of carbonyl (C=O) groups excluding carboxylic acids is 1. The Bertz CT molecular complexity index is 511. The normalized spacial score (nSPS) is 10.6. The van der Waals surface area contributed by atoms with Crippen molar-refractivity contribution in [3.05, 3.63) is 31.1 Å². The number of hydrogen-bond acceptors (Lipinski definition) is 5. The molecule has 0 aliphatic carbocycles. The lowest BCUT2D eigenvalue weighted by Crippen LogP contribution is -2.13. The maximum Gasteiger partial charge on any atom is 0.310 e. The summed E-state index contributed by atoms with van der Waals surface area (Å²) in [6.07, 6.45) is -2.63. The number of pyridine rings is 1. The fraction of sp³-hybridized carbons (Fsp3) is 0.400. The molecule has 1 aromatic heterocycles. The van der Waals surface area contributed by atoms with Gasteiger partial charge in [-0.1, -0.05) is 0 Å². The average molecular weight is 386 g/mol. The molecule has 0 fully saturated rings. The molecule has 9 heteroatoms. The molecule has 0 N–H and O–H groups in total. The molecule has 0 unspecified atom stereocenters. The second kappa shape index (κ2) is 6.68. The topological polar surface area (TPSA) is 82.3 Å². The van der Waals surface area contributed by atoms with Gasteiger partial charge in [-0.15, -0.1) is 0 Å². The maximum absolute atomic E-state index is 12.8. The number of nitrogens with zero attached hydrogens (tertiary/aromatic N) is 2. The summed E-state index contributed by atoms with van der Waals surface area (Å²) in [6.45, 7) is 1.67. The van der Waals surface area contributed by atoms with Crippen molar-refractivity contribution < 1.29 is 23.2 Å². The summed E-state index contributed by atoms with van der Waals surface area (Å²) in [5.41, 5.74) is -1.21. The summed E-state index contributed by atoms with van der Waals surface area (Å²) < 4.78 is 30.2. The van der Waals surface area contributed by atoms with Crippen LogP contribution in [0.15, 0.2) is 6.20 Å². The Kier molecular flexibility index (Phi) is 5.51. The SMILES string of the molecule is CCOC(=O)Cc1c(C(F)F)ncc([N+](=O)[O-])c1I. The molecule has 1 aromatic rings. The van der Waals surface area contributed by atoms with E-state index in [-0.39, 0.29) is 15.7 Å². The van der Waals surface area contributed by atoms with E-state index in [0.29, 0.717) is 0 Å². The molecule has 0 aliphatic rings. The largest absolute Gasteiger partial charge is 0.466 e. The lowest BCUT2D eigenvalue weighted by atomic mass is 10.1. The molecule has 0 aromatic carbocycles. The average Bonchev–Trinajstić information content (AvgIpc) is 2.31. The molecule has 0 saturated heterocycles. The highest BCUT2D eigenvalue weighted by molar-refractivity contribution is 14.1. The number of rotatable bonds is 5. The van der Waals surface area contributed by atoms with Crippen molar-refractivity contribution >= 4 is 34.2 Å². The number of halogens is 3. The summed E-state index contributed by atoms with van der Waals surface area (Å²) >= 11 is 1.55. The summed E-state index contributed by atoms with van der Waals surface area (Å²) in [4.78, 5) is 24.7. The molecule has 0 amide bonds. The highest BCUT2D eigenvalue weighted by Crippen LogP contribution is 2.30. The highest BCUT2D eigenvalue weighted by atomic mass is 127. The number of nitro groups is 1. The van der Waals surface area contributed by atoms with Gasteiger partial charge in [0.25, 0.3) is 6.43 Å². The van der Waals surface area contributed by atoms with Gasteiger partial charge in [-0.2, -0.15) is 0 Å². The first kappa shape index (κ1) is 15.7. The number of aromatic nitrogens is 1. The van der Waals surface area contributed by atoms with E-state index in [0.717, 1.165) is 6.20 Å². The summed E-state index contributed by atoms with van der Waals surface area (Å²) in [5, 5.41) is 10.7. The maximum atomic E-state index is 12.8. The second-order valence-electron chi connectivity index (χ2n) is 3.36. The van der Waals surface area contributed by atoms with E-state index >= 15 is 0 Å². The number of alkyl halides is 2. The molecule has 6 nitrogen and oxygen atoms in total. The number of ether oxygens (including phenoxy) is 1. The molecule has 19 heavy (non-hydrogen) atoms. The fourth-order valence-corrected chi connectivity index (χ4v) is 2.18. The van der Waals surface area contributed by atoms with Crippen LogP contribution in [-0.4, -0.2) is 22.5 Å². The van der Waals surface area contributed by atoms with Gasteiger partial charge in [-0.3, -0.25) is 14.9 Å². The molecular weight excluding hydrogens is 377 g/mol. The number of esters is 1. The molecule has 0 bridgehead atoms. The minimum atomic E-state index is -2.92. The van der Waals surface area contributed by atoms with E-state index in [9.17, 15) is 23.7 Å². The Morgan fingerprint density at radius 2 is 2.26 bits per heavy atom. The molecule has 0 saturated carbocycles. The van der Waals surface area contributed by atoms with Gasteiger partial charge in [0, 0.05) is 5.56 Å². The molecule has 104 valence electrons. The van der Waals surface area contributed by atoms with Crippen molar-refractivity contribution in [1.29, 1.82) is 0 Å². The van der Waals surface area contributed by atoms with Crippen LogP contribution in [-0.2, 0) is 16.0 Å². The third kappa shape index (κ3) is 3.78. The van der Waals surface area contributed by atoms with Crippen LogP contribution in [0.5, 0.6) is 0 Å². The zero-order valence-electron chi connectivity index (χ0n) is 9.73. The first-order valence-electron chi connectivity index (χ1n) is 5.13. The van der Waals surface area contributed by atoms with Crippen molar-refractivity contribution in [3.63, 3.8) is 0 Å². The van der Waals surface area contributed by atoms with Gasteiger partial charge in [0.05, 0.1) is 21.5 Å². The van der Waals surface area contributed by atoms with Crippen LogP contribution in [0, 0.1) is 13.7 Å². The van der Waals surface area contributed by atoms with Crippen molar-refractivity contribution in [2.45, 2.75) is 19.8 Å². The van der Waals surface area contributed by atoms with Crippen LogP contribution in [0.1, 0.15) is 24.6 Å². The fourth-order valence-electron chi connectivity index (χ4n) is 1.37. The van der Waals surface area contributed by atoms with Gasteiger partial charge in [0.2, 0.25) is 0 Å². The quantitative estimate of drug-likeness (QED) is 0.336. The van der Waals surface area contributed by atoms with Crippen LogP contribution in [0.25, 0.3) is 0 Å². The van der Waals surface area contributed by atoms with Gasteiger partial charge in [-0.25, -0.2) is 13.8 Å². The van der Waals surface area contributed by atoms with Crippen molar-refractivity contribution in [3.8, 4) is 0 Å². The molecule has 1 rings (SSSR count). The minimum Gasteiger partial charge on any atom is -0.466 e. The van der Waals surface area contributed by atoms with Crippen LogP contribution < -0.4 is 0 Å². The Labute approximate surface area is 120 Å². The van der Waals surface area contributed by atoms with Gasteiger partial charge < -0.3 is 4.74 Å². The number of hydrogen-bond donors (Lipinski definition) is 0. The van der Waals surface area contributed by atoms with Crippen molar-refractivity contribution in [2.75, 3.05) is 6.61 Å². The van der Waals surface area contributed by atoms with E-state index in [1.807, 2.05) is 0 Å². The van der Waals surface area contributed by atoms with E-state index in [1.54, 1.807) is 29.5 Å². The molecule has 1 heterocycles. The smallest absolute Gasteiger partial charge is 0.310 e.